The minimum atomic E-state index is 0.303. The van der Waals surface area contributed by atoms with Gasteiger partial charge in [0.1, 0.15) is 6.61 Å². The first-order valence-electron chi connectivity index (χ1n) is 9.05. The van der Waals surface area contributed by atoms with E-state index in [-0.39, 0.29) is 0 Å². The lowest BCUT2D eigenvalue weighted by Crippen LogP contribution is -2.18. The number of methoxy groups -OCH3 is 1. The van der Waals surface area contributed by atoms with Gasteiger partial charge in [-0.25, -0.2) is 0 Å². The van der Waals surface area contributed by atoms with Gasteiger partial charge >= 0.3 is 0 Å². The SMILES string of the molecule is COc1ccc(CNC(C)c2cc(C)sc2C)cc1OCc1cccnc1. The van der Waals surface area contributed by atoms with E-state index >= 15 is 0 Å². The zero-order valence-electron chi connectivity index (χ0n) is 16.3. The molecule has 0 saturated carbocycles. The van der Waals surface area contributed by atoms with Crippen LogP contribution in [0.3, 0.4) is 0 Å². The zero-order chi connectivity index (χ0) is 19.2. The van der Waals surface area contributed by atoms with Crippen LogP contribution in [-0.2, 0) is 13.2 Å². The van der Waals surface area contributed by atoms with E-state index in [1.54, 1.807) is 13.3 Å². The molecule has 0 aliphatic heterocycles. The van der Waals surface area contributed by atoms with Crippen molar-refractivity contribution in [3.8, 4) is 11.5 Å². The van der Waals surface area contributed by atoms with Crippen molar-refractivity contribution >= 4 is 11.3 Å². The summed E-state index contributed by atoms with van der Waals surface area (Å²) >= 11 is 1.85. The Hall–Kier alpha value is -2.37. The Morgan fingerprint density at radius 3 is 2.63 bits per heavy atom. The second kappa shape index (κ2) is 9.02. The molecule has 2 heterocycles. The van der Waals surface area contributed by atoms with Crippen LogP contribution >= 0.6 is 11.3 Å². The number of thiophene rings is 1. The molecule has 0 spiro atoms. The first-order chi connectivity index (χ1) is 13.1. The summed E-state index contributed by atoms with van der Waals surface area (Å²) < 4.78 is 11.4. The van der Waals surface area contributed by atoms with Crippen molar-refractivity contribution < 1.29 is 9.47 Å². The molecule has 142 valence electrons. The molecule has 0 fully saturated rings. The molecule has 3 rings (SSSR count). The number of ether oxygens (including phenoxy) is 2. The van der Waals surface area contributed by atoms with Gasteiger partial charge in [-0.1, -0.05) is 12.1 Å². The Morgan fingerprint density at radius 1 is 1.11 bits per heavy atom. The predicted octanol–water partition coefficient (Wildman–Crippen LogP) is 5.20. The quantitative estimate of drug-likeness (QED) is 0.582. The summed E-state index contributed by atoms with van der Waals surface area (Å²) in [6.45, 7) is 7.78. The Morgan fingerprint density at radius 2 is 1.96 bits per heavy atom. The lowest BCUT2D eigenvalue weighted by molar-refractivity contribution is 0.283. The van der Waals surface area contributed by atoms with Gasteiger partial charge in [-0.2, -0.15) is 0 Å². The van der Waals surface area contributed by atoms with E-state index in [9.17, 15) is 0 Å². The first-order valence-corrected chi connectivity index (χ1v) is 9.87. The summed E-state index contributed by atoms with van der Waals surface area (Å²) in [6, 6.07) is 12.6. The smallest absolute Gasteiger partial charge is 0.161 e. The lowest BCUT2D eigenvalue weighted by Gasteiger charge is -2.16. The van der Waals surface area contributed by atoms with Gasteiger partial charge < -0.3 is 14.8 Å². The van der Waals surface area contributed by atoms with Crippen molar-refractivity contribution in [2.24, 2.45) is 0 Å². The van der Waals surface area contributed by atoms with Gasteiger partial charge in [0.15, 0.2) is 11.5 Å². The maximum atomic E-state index is 5.98. The Labute approximate surface area is 165 Å². The topological polar surface area (TPSA) is 43.4 Å². The molecule has 0 aliphatic rings. The van der Waals surface area contributed by atoms with Crippen LogP contribution in [0.15, 0.2) is 48.8 Å². The highest BCUT2D eigenvalue weighted by molar-refractivity contribution is 7.12. The van der Waals surface area contributed by atoms with E-state index in [1.807, 2.05) is 41.8 Å². The molecular formula is C22H26N2O2S. The van der Waals surface area contributed by atoms with E-state index in [2.05, 4.69) is 43.2 Å². The fourth-order valence-corrected chi connectivity index (χ4v) is 4.07. The molecule has 5 heteroatoms. The van der Waals surface area contributed by atoms with E-state index in [1.165, 1.54) is 15.3 Å². The van der Waals surface area contributed by atoms with Crippen molar-refractivity contribution in [2.75, 3.05) is 7.11 Å². The fraction of sp³-hybridized carbons (Fsp3) is 0.318. The summed E-state index contributed by atoms with van der Waals surface area (Å²) in [7, 11) is 1.66. The first kappa shape index (κ1) is 19.4. The summed E-state index contributed by atoms with van der Waals surface area (Å²) in [4.78, 5) is 6.85. The Bertz CT molecular complexity index is 877. The maximum Gasteiger partial charge on any atom is 0.161 e. The van der Waals surface area contributed by atoms with Crippen molar-refractivity contribution in [2.45, 2.75) is 40.0 Å². The minimum absolute atomic E-state index is 0.303. The molecule has 0 bridgehead atoms. The van der Waals surface area contributed by atoms with Crippen molar-refractivity contribution in [1.82, 2.24) is 10.3 Å². The molecule has 0 saturated heterocycles. The van der Waals surface area contributed by atoms with Gasteiger partial charge in [0.05, 0.1) is 7.11 Å². The monoisotopic (exact) mass is 382 g/mol. The number of pyridine rings is 1. The molecule has 1 aromatic carbocycles. The van der Waals surface area contributed by atoms with Crippen LogP contribution in [0.2, 0.25) is 0 Å². The molecule has 0 radical (unpaired) electrons. The number of aromatic nitrogens is 1. The van der Waals surface area contributed by atoms with Gasteiger partial charge in [-0.05, 0) is 56.2 Å². The van der Waals surface area contributed by atoms with Crippen molar-refractivity contribution in [3.05, 3.63) is 75.2 Å². The molecule has 1 N–H and O–H groups in total. The maximum absolute atomic E-state index is 5.98. The van der Waals surface area contributed by atoms with E-state index in [0.717, 1.165) is 29.2 Å². The van der Waals surface area contributed by atoms with Crippen LogP contribution in [0, 0.1) is 13.8 Å². The van der Waals surface area contributed by atoms with E-state index < -0.39 is 0 Å². The van der Waals surface area contributed by atoms with Crippen LogP contribution in [0.25, 0.3) is 0 Å². The van der Waals surface area contributed by atoms with Crippen molar-refractivity contribution in [3.63, 3.8) is 0 Å². The second-order valence-corrected chi connectivity index (χ2v) is 8.07. The molecule has 0 amide bonds. The summed E-state index contributed by atoms with van der Waals surface area (Å²) in [5.74, 6) is 1.48. The highest BCUT2D eigenvalue weighted by atomic mass is 32.1. The standard InChI is InChI=1S/C22H26N2O2S/c1-15-10-20(17(3)27-15)16(2)24-13-18-7-8-21(25-4)22(11-18)26-14-19-6-5-9-23-12-19/h5-12,16,24H,13-14H2,1-4H3. The van der Waals surface area contributed by atoms with Crippen LogP contribution in [0.1, 0.15) is 39.4 Å². The highest BCUT2D eigenvalue weighted by Crippen LogP contribution is 2.30. The number of rotatable bonds is 8. The average molecular weight is 383 g/mol. The molecular weight excluding hydrogens is 356 g/mol. The Balaban J connectivity index is 1.66. The molecule has 1 unspecified atom stereocenters. The number of nitrogens with zero attached hydrogens (tertiary/aromatic N) is 1. The number of nitrogens with one attached hydrogen (secondary N) is 1. The number of hydrogen-bond acceptors (Lipinski definition) is 5. The van der Waals surface area contributed by atoms with Crippen molar-refractivity contribution in [1.29, 1.82) is 0 Å². The average Bonchev–Trinajstić information content (AvgIpc) is 3.03. The number of aryl methyl sites for hydroxylation is 2. The van der Waals surface area contributed by atoms with Crippen LogP contribution in [0.5, 0.6) is 11.5 Å². The van der Waals surface area contributed by atoms with Crippen LogP contribution in [-0.4, -0.2) is 12.1 Å². The third kappa shape index (κ3) is 5.08. The van der Waals surface area contributed by atoms with Gasteiger partial charge in [-0.15, -0.1) is 11.3 Å². The molecule has 4 nitrogen and oxygen atoms in total. The fourth-order valence-electron chi connectivity index (χ4n) is 3.05. The summed E-state index contributed by atoms with van der Waals surface area (Å²) in [5, 5.41) is 3.61. The Kier molecular flexibility index (Phi) is 6.48. The molecule has 1 atom stereocenters. The largest absolute Gasteiger partial charge is 0.493 e. The van der Waals surface area contributed by atoms with Gasteiger partial charge in [-0.3, -0.25) is 4.98 Å². The molecule has 0 aliphatic carbocycles. The third-order valence-electron chi connectivity index (χ3n) is 4.50. The zero-order valence-corrected chi connectivity index (χ0v) is 17.1. The summed E-state index contributed by atoms with van der Waals surface area (Å²) in [6.07, 6.45) is 3.57. The second-order valence-electron chi connectivity index (χ2n) is 6.61. The minimum Gasteiger partial charge on any atom is -0.493 e. The highest BCUT2D eigenvalue weighted by Gasteiger charge is 2.12. The molecule has 3 aromatic rings. The van der Waals surface area contributed by atoms with E-state index in [0.29, 0.717) is 12.6 Å². The van der Waals surface area contributed by atoms with Gasteiger partial charge in [0.2, 0.25) is 0 Å². The van der Waals surface area contributed by atoms with Crippen LogP contribution < -0.4 is 14.8 Å². The normalized spacial score (nSPS) is 12.0. The predicted molar refractivity (Wildman–Crippen MR) is 111 cm³/mol. The number of benzene rings is 1. The van der Waals surface area contributed by atoms with Gasteiger partial charge in [0, 0.05) is 40.3 Å². The van der Waals surface area contributed by atoms with Gasteiger partial charge in [0.25, 0.3) is 0 Å². The number of hydrogen-bond donors (Lipinski definition) is 1. The molecule has 2 aromatic heterocycles. The lowest BCUT2D eigenvalue weighted by atomic mass is 10.1. The molecule has 27 heavy (non-hydrogen) atoms. The summed E-state index contributed by atoms with van der Waals surface area (Å²) in [5.41, 5.74) is 3.56. The van der Waals surface area contributed by atoms with E-state index in [4.69, 9.17) is 9.47 Å². The third-order valence-corrected chi connectivity index (χ3v) is 5.49. The van der Waals surface area contributed by atoms with Crippen LogP contribution in [0.4, 0.5) is 0 Å².